The van der Waals surface area contributed by atoms with Crippen molar-refractivity contribution in [2.45, 2.75) is 25.3 Å². The maximum absolute atomic E-state index is 11.7. The lowest BCUT2D eigenvalue weighted by molar-refractivity contribution is 0.295. The number of ether oxygens (including phenoxy) is 1. The smallest absolute Gasteiger partial charge is 0.265 e. The van der Waals surface area contributed by atoms with Crippen LogP contribution >= 0.6 is 26.6 Å². The van der Waals surface area contributed by atoms with Crippen LogP contribution in [0.3, 0.4) is 0 Å². The van der Waals surface area contributed by atoms with Gasteiger partial charge in [-0.1, -0.05) is 40.2 Å². The van der Waals surface area contributed by atoms with Crippen molar-refractivity contribution in [3.63, 3.8) is 0 Å². The standard InChI is InChI=1S/C15H14BrClO3S/c1-10-7-11(2)15(14(8-10)21(17,18)19)20-9-12-5-3-4-6-13(12)16/h3-8H,9H2,1-2H3. The van der Waals surface area contributed by atoms with E-state index in [9.17, 15) is 8.42 Å². The van der Waals surface area contributed by atoms with Gasteiger partial charge in [0.1, 0.15) is 17.3 Å². The van der Waals surface area contributed by atoms with Gasteiger partial charge in [0.2, 0.25) is 0 Å². The van der Waals surface area contributed by atoms with Gasteiger partial charge in [-0.25, -0.2) is 8.42 Å². The van der Waals surface area contributed by atoms with Gasteiger partial charge in [0, 0.05) is 20.7 Å². The predicted molar refractivity (Wildman–Crippen MR) is 87.4 cm³/mol. The summed E-state index contributed by atoms with van der Waals surface area (Å²) in [5, 5.41) is 0. The Hall–Kier alpha value is -1.04. The quantitative estimate of drug-likeness (QED) is 0.719. The van der Waals surface area contributed by atoms with Gasteiger partial charge < -0.3 is 4.74 Å². The van der Waals surface area contributed by atoms with Gasteiger partial charge in [-0.15, -0.1) is 0 Å². The van der Waals surface area contributed by atoms with E-state index in [-0.39, 0.29) is 11.5 Å². The average molecular weight is 390 g/mol. The van der Waals surface area contributed by atoms with Crippen molar-refractivity contribution in [2.75, 3.05) is 0 Å². The third kappa shape index (κ3) is 3.99. The second-order valence-corrected chi connectivity index (χ2v) is 8.12. The molecule has 0 heterocycles. The van der Waals surface area contributed by atoms with Gasteiger partial charge in [-0.2, -0.15) is 0 Å². The zero-order valence-corrected chi connectivity index (χ0v) is 14.7. The first-order valence-electron chi connectivity index (χ1n) is 6.21. The molecule has 0 N–H and O–H groups in total. The van der Waals surface area contributed by atoms with Crippen LogP contribution < -0.4 is 4.74 Å². The van der Waals surface area contributed by atoms with Gasteiger partial charge >= 0.3 is 0 Å². The van der Waals surface area contributed by atoms with E-state index >= 15 is 0 Å². The van der Waals surface area contributed by atoms with Gasteiger partial charge in [-0.3, -0.25) is 0 Å². The Kier molecular flexibility index (Phi) is 4.96. The van der Waals surface area contributed by atoms with E-state index < -0.39 is 9.05 Å². The SMILES string of the molecule is Cc1cc(C)c(OCc2ccccc2Br)c(S(=O)(=O)Cl)c1. The summed E-state index contributed by atoms with van der Waals surface area (Å²) in [6.45, 7) is 3.87. The van der Waals surface area contributed by atoms with Crippen LogP contribution in [0, 0.1) is 13.8 Å². The van der Waals surface area contributed by atoms with Crippen molar-refractivity contribution in [3.05, 3.63) is 57.6 Å². The molecular weight excluding hydrogens is 376 g/mol. The van der Waals surface area contributed by atoms with E-state index in [1.54, 1.807) is 6.92 Å². The third-order valence-corrected chi connectivity index (χ3v) is 5.08. The Balaban J connectivity index is 2.39. The Morgan fingerprint density at radius 2 is 1.86 bits per heavy atom. The first-order chi connectivity index (χ1) is 9.79. The zero-order valence-electron chi connectivity index (χ0n) is 11.6. The topological polar surface area (TPSA) is 43.4 Å². The maximum Gasteiger partial charge on any atom is 0.265 e. The van der Waals surface area contributed by atoms with Crippen LogP contribution in [0.25, 0.3) is 0 Å². The lowest BCUT2D eigenvalue weighted by atomic mass is 10.1. The van der Waals surface area contributed by atoms with Crippen LogP contribution in [0.15, 0.2) is 45.8 Å². The van der Waals surface area contributed by atoms with E-state index in [0.717, 1.165) is 21.2 Å². The first kappa shape index (κ1) is 16.3. The number of hydrogen-bond acceptors (Lipinski definition) is 3. The molecule has 0 saturated carbocycles. The average Bonchev–Trinajstić information content (AvgIpc) is 2.37. The second-order valence-electron chi connectivity index (χ2n) is 4.73. The molecule has 3 nitrogen and oxygen atoms in total. The Morgan fingerprint density at radius 3 is 2.48 bits per heavy atom. The van der Waals surface area contributed by atoms with Crippen LogP contribution in [0.5, 0.6) is 5.75 Å². The van der Waals surface area contributed by atoms with Gasteiger partial charge in [-0.05, 0) is 37.1 Å². The molecule has 0 aromatic heterocycles. The number of halogens is 2. The monoisotopic (exact) mass is 388 g/mol. The molecule has 0 unspecified atom stereocenters. The molecule has 6 heteroatoms. The number of hydrogen-bond donors (Lipinski definition) is 0. The van der Waals surface area contributed by atoms with E-state index in [1.165, 1.54) is 6.07 Å². The van der Waals surface area contributed by atoms with Gasteiger partial charge in [0.25, 0.3) is 9.05 Å². The molecular formula is C15H14BrClO3S. The Morgan fingerprint density at radius 1 is 1.19 bits per heavy atom. The molecule has 0 saturated heterocycles. The third-order valence-electron chi connectivity index (χ3n) is 2.98. The van der Waals surface area contributed by atoms with Crippen LogP contribution in [0.2, 0.25) is 0 Å². The summed E-state index contributed by atoms with van der Waals surface area (Å²) in [7, 11) is 1.65. The van der Waals surface area contributed by atoms with Crippen molar-refractivity contribution in [3.8, 4) is 5.75 Å². The summed E-state index contributed by atoms with van der Waals surface area (Å²) in [6, 6.07) is 11.0. The zero-order chi connectivity index (χ0) is 15.6. The van der Waals surface area contributed by atoms with Crippen LogP contribution in [-0.2, 0) is 15.7 Å². The predicted octanol–water partition coefficient (Wildman–Crippen LogP) is 4.57. The lowest BCUT2D eigenvalue weighted by Crippen LogP contribution is -2.03. The highest BCUT2D eigenvalue weighted by molar-refractivity contribution is 9.10. The molecule has 2 rings (SSSR count). The minimum Gasteiger partial charge on any atom is -0.487 e. The number of rotatable bonds is 4. The van der Waals surface area contributed by atoms with Crippen molar-refractivity contribution < 1.29 is 13.2 Å². The summed E-state index contributed by atoms with van der Waals surface area (Å²) >= 11 is 3.43. The number of benzene rings is 2. The summed E-state index contributed by atoms with van der Waals surface area (Å²) in [4.78, 5) is 0.00807. The molecule has 2 aromatic rings. The first-order valence-corrected chi connectivity index (χ1v) is 9.31. The molecule has 112 valence electrons. The minimum atomic E-state index is -3.86. The molecule has 2 aromatic carbocycles. The van der Waals surface area contributed by atoms with Crippen molar-refractivity contribution in [1.82, 2.24) is 0 Å². The Labute approximate surface area is 137 Å². The van der Waals surface area contributed by atoms with Crippen LogP contribution in [0.1, 0.15) is 16.7 Å². The lowest BCUT2D eigenvalue weighted by Gasteiger charge is -2.14. The number of aryl methyl sites for hydroxylation is 2. The largest absolute Gasteiger partial charge is 0.487 e. The van der Waals surface area contributed by atoms with Crippen molar-refractivity contribution in [1.29, 1.82) is 0 Å². The van der Waals surface area contributed by atoms with Crippen LogP contribution in [0.4, 0.5) is 0 Å². The molecule has 0 atom stereocenters. The molecule has 0 aliphatic carbocycles. The summed E-state index contributed by atoms with van der Waals surface area (Å²) in [5.74, 6) is 0.298. The van der Waals surface area contributed by atoms with E-state index in [1.807, 2.05) is 37.3 Å². The highest BCUT2D eigenvalue weighted by Gasteiger charge is 2.20. The fraction of sp³-hybridized carbons (Fsp3) is 0.200. The summed E-state index contributed by atoms with van der Waals surface area (Å²) in [6.07, 6.45) is 0. The molecule has 0 bridgehead atoms. The normalized spacial score (nSPS) is 11.4. The molecule has 0 radical (unpaired) electrons. The van der Waals surface area contributed by atoms with Gasteiger partial charge in [0.15, 0.2) is 0 Å². The molecule has 21 heavy (non-hydrogen) atoms. The highest BCUT2D eigenvalue weighted by atomic mass is 79.9. The maximum atomic E-state index is 11.7. The molecule has 0 aliphatic heterocycles. The van der Waals surface area contributed by atoms with Crippen molar-refractivity contribution in [2.24, 2.45) is 0 Å². The van der Waals surface area contributed by atoms with Crippen LogP contribution in [-0.4, -0.2) is 8.42 Å². The fourth-order valence-electron chi connectivity index (χ4n) is 2.05. The summed E-state index contributed by atoms with van der Waals surface area (Å²) in [5.41, 5.74) is 2.48. The second kappa shape index (κ2) is 6.38. The van der Waals surface area contributed by atoms with E-state index in [0.29, 0.717) is 5.75 Å². The highest BCUT2D eigenvalue weighted by Crippen LogP contribution is 2.32. The molecule has 0 spiro atoms. The molecule has 0 aliphatic rings. The molecule has 0 amide bonds. The van der Waals surface area contributed by atoms with E-state index in [4.69, 9.17) is 15.4 Å². The van der Waals surface area contributed by atoms with Crippen molar-refractivity contribution >= 4 is 35.7 Å². The summed E-state index contributed by atoms with van der Waals surface area (Å²) < 4.78 is 30.1. The fourth-order valence-corrected chi connectivity index (χ4v) is 3.56. The minimum absolute atomic E-state index is 0.00807. The molecule has 0 fully saturated rings. The Bertz CT molecular complexity index is 772. The van der Waals surface area contributed by atoms with Gasteiger partial charge in [0.05, 0.1) is 0 Å². The van der Waals surface area contributed by atoms with E-state index in [2.05, 4.69) is 15.9 Å².